The van der Waals surface area contributed by atoms with Crippen molar-refractivity contribution in [2.24, 2.45) is 0 Å². The van der Waals surface area contributed by atoms with Gasteiger partial charge in [0.15, 0.2) is 5.69 Å². The van der Waals surface area contributed by atoms with Crippen LogP contribution in [0.3, 0.4) is 0 Å². The predicted molar refractivity (Wildman–Crippen MR) is 119 cm³/mol. The van der Waals surface area contributed by atoms with Crippen LogP contribution in [0.4, 0.5) is 0 Å². The molecule has 4 nitrogen and oxygen atoms in total. The second-order valence-electron chi connectivity index (χ2n) is 7.71. The molecular weight excluding hydrogens is 394 g/mol. The second kappa shape index (κ2) is 7.35. The zero-order chi connectivity index (χ0) is 20.7. The first-order valence-electron chi connectivity index (χ1n) is 10.1. The molecule has 3 aromatic carbocycles. The molecule has 1 N–H and O–H groups in total. The summed E-state index contributed by atoms with van der Waals surface area (Å²) in [5.74, 6) is -0.240. The van der Waals surface area contributed by atoms with Crippen LogP contribution in [-0.2, 0) is 23.1 Å². The van der Waals surface area contributed by atoms with Gasteiger partial charge < -0.3 is 0 Å². The molecule has 0 saturated carbocycles. The van der Waals surface area contributed by atoms with E-state index in [1.54, 1.807) is 0 Å². The van der Waals surface area contributed by atoms with Gasteiger partial charge in [-0.05, 0) is 22.8 Å². The van der Waals surface area contributed by atoms with Crippen molar-refractivity contribution in [3.63, 3.8) is 0 Å². The molecule has 0 unspecified atom stereocenters. The fourth-order valence-corrected chi connectivity index (χ4v) is 5.11. The summed E-state index contributed by atoms with van der Waals surface area (Å²) >= 11 is 0. The van der Waals surface area contributed by atoms with Crippen molar-refractivity contribution in [3.8, 4) is 22.3 Å². The van der Waals surface area contributed by atoms with E-state index in [9.17, 15) is 13.0 Å². The third kappa shape index (κ3) is 3.30. The van der Waals surface area contributed by atoms with Crippen molar-refractivity contribution in [2.45, 2.75) is 19.4 Å². The lowest BCUT2D eigenvalue weighted by Gasteiger charge is -2.14. The molecule has 0 bridgehead atoms. The monoisotopic (exact) mass is 416 g/mol. The van der Waals surface area contributed by atoms with Crippen molar-refractivity contribution in [1.29, 1.82) is 0 Å². The standard InChI is InChI=1S/C25H21NO3S/c27-30(28,29)16-8-15-26-22-14-7-6-13-21(22)24(18-9-2-1-3-10-18)25-20-12-5-4-11-19(20)17-23(25)26/h1-7,9-14H,8,15-17H2/p+1. The van der Waals surface area contributed by atoms with Crippen LogP contribution in [-0.4, -0.2) is 18.7 Å². The smallest absolute Gasteiger partial charge is 0.265 e. The Hall–Kier alpha value is -3.02. The van der Waals surface area contributed by atoms with Crippen LogP contribution in [0.5, 0.6) is 0 Å². The van der Waals surface area contributed by atoms with Crippen LogP contribution in [0.25, 0.3) is 33.2 Å². The third-order valence-electron chi connectivity index (χ3n) is 5.82. The molecule has 1 aromatic heterocycles. The maximum Gasteiger partial charge on any atom is 0.265 e. The fraction of sp³-hybridized carbons (Fsp3) is 0.160. The molecule has 0 aliphatic heterocycles. The molecule has 5 heteroatoms. The Morgan fingerprint density at radius 1 is 0.833 bits per heavy atom. The van der Waals surface area contributed by atoms with Gasteiger partial charge in [0.05, 0.1) is 23.1 Å². The summed E-state index contributed by atoms with van der Waals surface area (Å²) in [7, 11) is -3.98. The first-order chi connectivity index (χ1) is 14.5. The highest BCUT2D eigenvalue weighted by molar-refractivity contribution is 7.85. The van der Waals surface area contributed by atoms with Gasteiger partial charge in [0.1, 0.15) is 6.54 Å². The molecule has 30 heavy (non-hydrogen) atoms. The van der Waals surface area contributed by atoms with Crippen LogP contribution in [0.2, 0.25) is 0 Å². The van der Waals surface area contributed by atoms with E-state index >= 15 is 0 Å². The van der Waals surface area contributed by atoms with Crippen LogP contribution in [0.1, 0.15) is 17.7 Å². The molecular formula is C25H22NO3S+. The molecule has 1 aliphatic rings. The largest absolute Gasteiger partial charge is 0.286 e. The summed E-state index contributed by atoms with van der Waals surface area (Å²) < 4.78 is 34.0. The van der Waals surface area contributed by atoms with Crippen LogP contribution >= 0.6 is 0 Å². The van der Waals surface area contributed by atoms with Gasteiger partial charge in [-0.2, -0.15) is 13.0 Å². The maximum absolute atomic E-state index is 11.3. The SMILES string of the molecule is O=S(=O)(O)CCC[n+]1c2c(c(-c3ccccc3)c3ccccc31)-c1ccccc1C2. The van der Waals surface area contributed by atoms with E-state index in [2.05, 4.69) is 65.2 Å². The van der Waals surface area contributed by atoms with E-state index in [-0.39, 0.29) is 5.75 Å². The van der Waals surface area contributed by atoms with Crippen LogP contribution in [0.15, 0.2) is 78.9 Å². The van der Waals surface area contributed by atoms with E-state index in [1.807, 2.05) is 18.2 Å². The molecule has 0 atom stereocenters. The molecule has 0 radical (unpaired) electrons. The highest BCUT2D eigenvalue weighted by Crippen LogP contribution is 2.44. The zero-order valence-electron chi connectivity index (χ0n) is 16.5. The Morgan fingerprint density at radius 2 is 1.53 bits per heavy atom. The summed E-state index contributed by atoms with van der Waals surface area (Å²) in [6, 6.07) is 27.2. The van der Waals surface area contributed by atoms with Gasteiger partial charge in [0.2, 0.25) is 5.52 Å². The molecule has 0 saturated heterocycles. The first kappa shape index (κ1) is 19.0. The lowest BCUT2D eigenvalue weighted by atomic mass is 9.92. The molecule has 150 valence electrons. The van der Waals surface area contributed by atoms with Crippen LogP contribution < -0.4 is 4.57 Å². The summed E-state index contributed by atoms with van der Waals surface area (Å²) in [6.45, 7) is 0.533. The molecule has 5 rings (SSSR count). The quantitative estimate of drug-likeness (QED) is 0.335. The summed E-state index contributed by atoms with van der Waals surface area (Å²) in [6.07, 6.45) is 1.17. The van der Waals surface area contributed by atoms with Crippen molar-refractivity contribution >= 4 is 21.0 Å². The van der Waals surface area contributed by atoms with E-state index < -0.39 is 10.1 Å². The van der Waals surface area contributed by atoms with Gasteiger partial charge in [0.25, 0.3) is 10.1 Å². The van der Waals surface area contributed by atoms with Crippen molar-refractivity contribution in [1.82, 2.24) is 0 Å². The number of hydrogen-bond acceptors (Lipinski definition) is 2. The van der Waals surface area contributed by atoms with Crippen LogP contribution in [0, 0.1) is 0 Å². The number of benzene rings is 3. The number of hydrogen-bond donors (Lipinski definition) is 1. The van der Waals surface area contributed by atoms with Gasteiger partial charge in [-0.1, -0.05) is 66.7 Å². The van der Waals surface area contributed by atoms with E-state index in [0.29, 0.717) is 13.0 Å². The number of pyridine rings is 1. The number of para-hydroxylation sites is 1. The van der Waals surface area contributed by atoms with E-state index in [1.165, 1.54) is 33.5 Å². The second-order valence-corrected chi connectivity index (χ2v) is 9.28. The predicted octanol–water partition coefficient (Wildman–Crippen LogP) is 4.64. The van der Waals surface area contributed by atoms with Gasteiger partial charge in [-0.3, -0.25) is 4.55 Å². The average molecular weight is 417 g/mol. The molecule has 0 amide bonds. The lowest BCUT2D eigenvalue weighted by molar-refractivity contribution is -0.677. The Kier molecular flexibility index (Phi) is 4.65. The highest BCUT2D eigenvalue weighted by atomic mass is 32.2. The van der Waals surface area contributed by atoms with Gasteiger partial charge >= 0.3 is 0 Å². The number of fused-ring (bicyclic) bond motifs is 4. The van der Waals surface area contributed by atoms with Gasteiger partial charge in [0, 0.05) is 18.1 Å². The molecule has 4 aromatic rings. The Morgan fingerprint density at radius 3 is 2.33 bits per heavy atom. The maximum atomic E-state index is 11.3. The molecule has 0 spiro atoms. The van der Waals surface area contributed by atoms with E-state index in [4.69, 9.17) is 0 Å². The Balaban J connectivity index is 1.80. The Labute approximate surface area is 176 Å². The number of aromatic nitrogens is 1. The van der Waals surface area contributed by atoms with Gasteiger partial charge in [-0.25, -0.2) is 0 Å². The number of aryl methyl sites for hydroxylation is 1. The van der Waals surface area contributed by atoms with Crippen molar-refractivity contribution in [2.75, 3.05) is 5.75 Å². The average Bonchev–Trinajstić information content (AvgIpc) is 3.12. The summed E-state index contributed by atoms with van der Waals surface area (Å²) in [4.78, 5) is 0. The van der Waals surface area contributed by atoms with Crippen molar-refractivity contribution < 1.29 is 17.5 Å². The third-order valence-corrected chi connectivity index (χ3v) is 6.62. The Bertz CT molecular complexity index is 1360. The van der Waals surface area contributed by atoms with Gasteiger partial charge in [-0.15, -0.1) is 0 Å². The lowest BCUT2D eigenvalue weighted by Crippen LogP contribution is -2.40. The first-order valence-corrected chi connectivity index (χ1v) is 11.7. The molecule has 1 aliphatic carbocycles. The zero-order valence-corrected chi connectivity index (χ0v) is 17.3. The summed E-state index contributed by atoms with van der Waals surface area (Å²) in [5, 5.41) is 1.14. The minimum atomic E-state index is -3.98. The minimum Gasteiger partial charge on any atom is -0.286 e. The van der Waals surface area contributed by atoms with Crippen molar-refractivity contribution in [3.05, 3.63) is 90.1 Å². The highest BCUT2D eigenvalue weighted by Gasteiger charge is 2.33. The normalized spacial score (nSPS) is 12.7. The fourth-order valence-electron chi connectivity index (χ4n) is 4.62. The summed E-state index contributed by atoms with van der Waals surface area (Å²) in [5.41, 5.74) is 8.41. The number of nitrogens with zero attached hydrogens (tertiary/aromatic N) is 1. The topological polar surface area (TPSA) is 58.3 Å². The minimum absolute atomic E-state index is 0.240. The number of rotatable bonds is 5. The van der Waals surface area contributed by atoms with E-state index in [0.717, 1.165) is 17.3 Å². The molecule has 1 heterocycles. The molecule has 0 fully saturated rings.